The largest absolute Gasteiger partial charge is 0.372 e. The van der Waals surface area contributed by atoms with E-state index in [1.54, 1.807) is 0 Å². The van der Waals surface area contributed by atoms with E-state index in [2.05, 4.69) is 56.2 Å². The number of fused-ring (bicyclic) bond motifs is 1. The zero-order chi connectivity index (χ0) is 17.1. The lowest BCUT2D eigenvalue weighted by molar-refractivity contribution is 0.357. The van der Waals surface area contributed by atoms with Crippen LogP contribution in [0.15, 0.2) is 24.3 Å². The van der Waals surface area contributed by atoms with Crippen LogP contribution in [0.3, 0.4) is 0 Å². The molecule has 0 amide bonds. The van der Waals surface area contributed by atoms with Gasteiger partial charge in [0.25, 0.3) is 0 Å². The van der Waals surface area contributed by atoms with Crippen LogP contribution in [-0.2, 0) is 25.9 Å². The second-order valence-electron chi connectivity index (χ2n) is 7.31. The molecular formula is C20H29N5. The molecule has 1 aromatic carbocycles. The van der Waals surface area contributed by atoms with Crippen LogP contribution in [0.2, 0.25) is 0 Å². The Balaban J connectivity index is 1.31. The molecule has 25 heavy (non-hydrogen) atoms. The van der Waals surface area contributed by atoms with Crippen LogP contribution in [0.25, 0.3) is 0 Å². The Morgan fingerprint density at radius 1 is 1.12 bits per heavy atom. The van der Waals surface area contributed by atoms with Gasteiger partial charge in [0.2, 0.25) is 0 Å². The smallest absolute Gasteiger partial charge is 0.150 e. The lowest BCUT2D eigenvalue weighted by Gasteiger charge is -2.29. The highest BCUT2D eigenvalue weighted by Gasteiger charge is 2.20. The van der Waals surface area contributed by atoms with Crippen molar-refractivity contribution in [1.29, 1.82) is 0 Å². The molecule has 134 valence electrons. The zero-order valence-electron chi connectivity index (χ0n) is 15.2. The van der Waals surface area contributed by atoms with Crippen molar-refractivity contribution in [3.05, 3.63) is 41.5 Å². The quantitative estimate of drug-likeness (QED) is 0.910. The third kappa shape index (κ3) is 3.87. The molecule has 2 aliphatic heterocycles. The SMILES string of the molecule is CCc1nc2n(n1)CC(NCc1ccc(N3CCCCC3)cc1)CC2. The van der Waals surface area contributed by atoms with Crippen LogP contribution >= 0.6 is 0 Å². The second kappa shape index (κ2) is 7.56. The Hall–Kier alpha value is -1.88. The van der Waals surface area contributed by atoms with Gasteiger partial charge in [0.05, 0.1) is 6.54 Å². The van der Waals surface area contributed by atoms with Crippen molar-refractivity contribution in [2.75, 3.05) is 18.0 Å². The van der Waals surface area contributed by atoms with E-state index in [1.165, 1.54) is 43.6 Å². The number of rotatable bonds is 5. The number of nitrogens with zero attached hydrogens (tertiary/aromatic N) is 4. The second-order valence-corrected chi connectivity index (χ2v) is 7.31. The van der Waals surface area contributed by atoms with Crippen molar-refractivity contribution in [2.24, 2.45) is 0 Å². The Morgan fingerprint density at radius 3 is 2.68 bits per heavy atom. The van der Waals surface area contributed by atoms with Crippen LogP contribution in [0.1, 0.15) is 49.8 Å². The summed E-state index contributed by atoms with van der Waals surface area (Å²) in [5.41, 5.74) is 2.74. The molecule has 1 unspecified atom stereocenters. The first-order valence-electron chi connectivity index (χ1n) is 9.81. The number of anilines is 1. The van der Waals surface area contributed by atoms with E-state index in [0.717, 1.165) is 44.0 Å². The molecule has 2 aliphatic rings. The summed E-state index contributed by atoms with van der Waals surface area (Å²) >= 11 is 0. The van der Waals surface area contributed by atoms with Crippen molar-refractivity contribution in [3.8, 4) is 0 Å². The summed E-state index contributed by atoms with van der Waals surface area (Å²) < 4.78 is 2.10. The van der Waals surface area contributed by atoms with E-state index >= 15 is 0 Å². The summed E-state index contributed by atoms with van der Waals surface area (Å²) in [7, 11) is 0. The fraction of sp³-hybridized carbons (Fsp3) is 0.600. The molecule has 0 saturated carbocycles. The molecule has 1 fully saturated rings. The average Bonchev–Trinajstić information content (AvgIpc) is 3.10. The van der Waals surface area contributed by atoms with Gasteiger partial charge in [-0.15, -0.1) is 0 Å². The summed E-state index contributed by atoms with van der Waals surface area (Å²) in [4.78, 5) is 7.11. The molecule has 1 aromatic heterocycles. The van der Waals surface area contributed by atoms with Crippen molar-refractivity contribution < 1.29 is 0 Å². The molecule has 0 aliphatic carbocycles. The first kappa shape index (κ1) is 16.6. The Morgan fingerprint density at radius 2 is 1.92 bits per heavy atom. The highest BCUT2D eigenvalue weighted by Crippen LogP contribution is 2.20. The minimum Gasteiger partial charge on any atom is -0.372 e. The first-order chi connectivity index (χ1) is 12.3. The third-order valence-corrected chi connectivity index (χ3v) is 5.47. The van der Waals surface area contributed by atoms with Crippen molar-refractivity contribution in [2.45, 2.75) is 64.6 Å². The van der Waals surface area contributed by atoms with E-state index in [0.29, 0.717) is 6.04 Å². The first-order valence-corrected chi connectivity index (χ1v) is 9.81. The van der Waals surface area contributed by atoms with Gasteiger partial charge in [0.1, 0.15) is 5.82 Å². The molecule has 5 nitrogen and oxygen atoms in total. The normalized spacial score (nSPS) is 20.5. The lowest BCUT2D eigenvalue weighted by Crippen LogP contribution is -2.37. The predicted octanol–water partition coefficient (Wildman–Crippen LogP) is 2.94. The van der Waals surface area contributed by atoms with E-state index in [4.69, 9.17) is 0 Å². The molecule has 4 rings (SSSR count). The van der Waals surface area contributed by atoms with Crippen LogP contribution in [-0.4, -0.2) is 33.9 Å². The van der Waals surface area contributed by atoms with E-state index in [-0.39, 0.29) is 0 Å². The number of aromatic nitrogens is 3. The fourth-order valence-corrected chi connectivity index (χ4v) is 3.92. The third-order valence-electron chi connectivity index (χ3n) is 5.47. The molecule has 0 bridgehead atoms. The monoisotopic (exact) mass is 339 g/mol. The van der Waals surface area contributed by atoms with Crippen LogP contribution in [0, 0.1) is 0 Å². The molecular weight excluding hydrogens is 310 g/mol. The van der Waals surface area contributed by atoms with Gasteiger partial charge in [-0.25, -0.2) is 9.67 Å². The highest BCUT2D eigenvalue weighted by atomic mass is 15.4. The Kier molecular flexibility index (Phi) is 5.02. The molecule has 1 atom stereocenters. The summed E-state index contributed by atoms with van der Waals surface area (Å²) in [6, 6.07) is 9.60. The highest BCUT2D eigenvalue weighted by molar-refractivity contribution is 5.47. The predicted molar refractivity (Wildman–Crippen MR) is 101 cm³/mol. The Bertz CT molecular complexity index is 685. The van der Waals surface area contributed by atoms with Gasteiger partial charge in [-0.3, -0.25) is 0 Å². The lowest BCUT2D eigenvalue weighted by atomic mass is 10.1. The summed E-state index contributed by atoms with van der Waals surface area (Å²) in [5.74, 6) is 2.13. The zero-order valence-corrected chi connectivity index (χ0v) is 15.2. The molecule has 1 N–H and O–H groups in total. The minimum atomic E-state index is 0.487. The van der Waals surface area contributed by atoms with Gasteiger partial charge in [-0.1, -0.05) is 19.1 Å². The topological polar surface area (TPSA) is 46.0 Å². The number of piperidine rings is 1. The molecule has 5 heteroatoms. The maximum Gasteiger partial charge on any atom is 0.150 e. The number of aryl methyl sites for hydroxylation is 2. The summed E-state index contributed by atoms with van der Waals surface area (Å²) in [5, 5.41) is 8.30. The van der Waals surface area contributed by atoms with Crippen molar-refractivity contribution >= 4 is 5.69 Å². The number of nitrogens with one attached hydrogen (secondary N) is 1. The maximum absolute atomic E-state index is 4.60. The number of hydrogen-bond donors (Lipinski definition) is 1. The molecule has 0 radical (unpaired) electrons. The van der Waals surface area contributed by atoms with Gasteiger partial charge in [-0.05, 0) is 43.4 Å². The van der Waals surface area contributed by atoms with Crippen LogP contribution in [0.5, 0.6) is 0 Å². The van der Waals surface area contributed by atoms with Crippen molar-refractivity contribution in [3.63, 3.8) is 0 Å². The van der Waals surface area contributed by atoms with E-state index < -0.39 is 0 Å². The number of benzene rings is 1. The van der Waals surface area contributed by atoms with Crippen LogP contribution in [0.4, 0.5) is 5.69 Å². The van der Waals surface area contributed by atoms with Crippen LogP contribution < -0.4 is 10.2 Å². The molecule has 1 saturated heterocycles. The molecule has 2 aromatic rings. The van der Waals surface area contributed by atoms with Crippen molar-refractivity contribution in [1.82, 2.24) is 20.1 Å². The van der Waals surface area contributed by atoms with Gasteiger partial charge < -0.3 is 10.2 Å². The van der Waals surface area contributed by atoms with Gasteiger partial charge in [-0.2, -0.15) is 5.10 Å². The van der Waals surface area contributed by atoms with Gasteiger partial charge >= 0.3 is 0 Å². The summed E-state index contributed by atoms with van der Waals surface area (Å²) in [6.45, 7) is 6.40. The van der Waals surface area contributed by atoms with E-state index in [9.17, 15) is 0 Å². The number of hydrogen-bond acceptors (Lipinski definition) is 4. The van der Waals surface area contributed by atoms with Gasteiger partial charge in [0.15, 0.2) is 5.82 Å². The average molecular weight is 339 g/mol. The maximum atomic E-state index is 4.60. The Labute approximate surface area is 150 Å². The minimum absolute atomic E-state index is 0.487. The summed E-state index contributed by atoms with van der Waals surface area (Å²) in [6.07, 6.45) is 7.13. The molecule has 3 heterocycles. The standard InChI is InChI=1S/C20H29N5/c1-2-19-22-20-11-8-17(15-25(20)23-19)21-14-16-6-9-18(10-7-16)24-12-4-3-5-13-24/h6-7,9-10,17,21H,2-5,8,11-15H2,1H3. The van der Waals surface area contributed by atoms with E-state index in [1.807, 2.05) is 0 Å². The van der Waals surface area contributed by atoms with Gasteiger partial charge in [0, 0.05) is 44.2 Å². The molecule has 0 spiro atoms. The fourth-order valence-electron chi connectivity index (χ4n) is 3.92.